The van der Waals surface area contributed by atoms with E-state index in [1.54, 1.807) is 6.20 Å². The Kier molecular flexibility index (Phi) is 3.89. The average molecular weight is 370 g/mol. The van der Waals surface area contributed by atoms with Crippen LogP contribution in [0.2, 0.25) is 0 Å². The number of anilines is 1. The molecule has 4 aromatic rings. The zero-order chi connectivity index (χ0) is 18.3. The maximum atomic E-state index is 11.2. The Balaban J connectivity index is 1.74. The SMILES string of the molecule is CS(=O)(=O)NCCc1cc2c(N)nc3cc(-c4cc[nH]n4)ccc3c2[nH]1. The number of nitrogens with zero attached hydrogens (tertiary/aromatic N) is 2. The van der Waals surface area contributed by atoms with Gasteiger partial charge in [0.1, 0.15) is 5.82 Å². The molecule has 0 bridgehead atoms. The molecule has 0 radical (unpaired) electrons. The maximum Gasteiger partial charge on any atom is 0.208 e. The predicted octanol–water partition coefficient (Wildman–Crippen LogP) is 1.78. The van der Waals surface area contributed by atoms with E-state index >= 15 is 0 Å². The number of fused-ring (bicyclic) bond motifs is 3. The summed E-state index contributed by atoms with van der Waals surface area (Å²) >= 11 is 0. The summed E-state index contributed by atoms with van der Waals surface area (Å²) in [6, 6.07) is 9.74. The Labute approximate surface area is 149 Å². The van der Waals surface area contributed by atoms with E-state index in [4.69, 9.17) is 5.73 Å². The number of H-pyrrole nitrogens is 2. The summed E-state index contributed by atoms with van der Waals surface area (Å²) < 4.78 is 24.9. The Morgan fingerprint density at radius 1 is 1.19 bits per heavy atom. The Morgan fingerprint density at radius 2 is 2.04 bits per heavy atom. The van der Waals surface area contributed by atoms with E-state index in [1.807, 2.05) is 30.3 Å². The topological polar surface area (TPSA) is 130 Å². The highest BCUT2D eigenvalue weighted by molar-refractivity contribution is 7.88. The van der Waals surface area contributed by atoms with Crippen LogP contribution in [0.1, 0.15) is 5.69 Å². The number of rotatable bonds is 5. The van der Waals surface area contributed by atoms with Crippen molar-refractivity contribution < 1.29 is 8.42 Å². The van der Waals surface area contributed by atoms with Crippen molar-refractivity contribution in [2.45, 2.75) is 6.42 Å². The fourth-order valence-corrected chi connectivity index (χ4v) is 3.51. The quantitative estimate of drug-likeness (QED) is 0.425. The Bertz CT molecular complexity index is 1200. The second-order valence-corrected chi connectivity index (χ2v) is 8.02. The average Bonchev–Trinajstić information content (AvgIpc) is 3.23. The molecule has 0 unspecified atom stereocenters. The number of pyridine rings is 1. The van der Waals surface area contributed by atoms with Gasteiger partial charge in [-0.15, -0.1) is 0 Å². The fraction of sp³-hybridized carbons (Fsp3) is 0.176. The van der Waals surface area contributed by atoms with Gasteiger partial charge in [0, 0.05) is 41.2 Å². The van der Waals surface area contributed by atoms with Gasteiger partial charge in [0.2, 0.25) is 10.0 Å². The highest BCUT2D eigenvalue weighted by Crippen LogP contribution is 2.30. The molecular formula is C17H18N6O2S. The van der Waals surface area contributed by atoms with Crippen molar-refractivity contribution in [1.29, 1.82) is 0 Å². The van der Waals surface area contributed by atoms with Crippen LogP contribution in [-0.2, 0) is 16.4 Å². The third kappa shape index (κ3) is 3.14. The number of hydrogen-bond donors (Lipinski definition) is 4. The molecule has 0 atom stereocenters. The molecule has 4 rings (SSSR count). The van der Waals surface area contributed by atoms with Crippen LogP contribution in [0.3, 0.4) is 0 Å². The minimum Gasteiger partial charge on any atom is -0.383 e. The van der Waals surface area contributed by atoms with Crippen LogP contribution in [0, 0.1) is 0 Å². The number of aromatic amines is 2. The van der Waals surface area contributed by atoms with Gasteiger partial charge in [-0.3, -0.25) is 5.10 Å². The van der Waals surface area contributed by atoms with Gasteiger partial charge in [-0.2, -0.15) is 5.10 Å². The first kappa shape index (κ1) is 16.6. The predicted molar refractivity (Wildman–Crippen MR) is 102 cm³/mol. The number of sulfonamides is 1. The van der Waals surface area contributed by atoms with Crippen molar-refractivity contribution in [3.63, 3.8) is 0 Å². The standard InChI is InChI=1S/C17H18N6O2S/c1-26(24,25)20-7-4-11-9-13-16(21-11)12-3-2-10(14-5-6-19-23-14)8-15(12)22-17(13)18/h2-3,5-6,8-9,20-21H,4,7H2,1H3,(H2,18,22)(H,19,23). The molecule has 134 valence electrons. The van der Waals surface area contributed by atoms with Crippen molar-refractivity contribution in [1.82, 2.24) is 24.9 Å². The lowest BCUT2D eigenvalue weighted by Gasteiger charge is -2.04. The monoisotopic (exact) mass is 370 g/mol. The summed E-state index contributed by atoms with van der Waals surface area (Å²) in [6.45, 7) is 0.320. The van der Waals surface area contributed by atoms with Crippen molar-refractivity contribution in [2.75, 3.05) is 18.5 Å². The molecule has 9 heteroatoms. The van der Waals surface area contributed by atoms with Crippen LogP contribution in [0.4, 0.5) is 5.82 Å². The van der Waals surface area contributed by atoms with Gasteiger partial charge < -0.3 is 10.7 Å². The number of hydrogen-bond acceptors (Lipinski definition) is 5. The zero-order valence-electron chi connectivity index (χ0n) is 14.1. The molecule has 0 spiro atoms. The van der Waals surface area contributed by atoms with E-state index in [1.165, 1.54) is 0 Å². The van der Waals surface area contributed by atoms with E-state index in [0.29, 0.717) is 18.8 Å². The molecule has 26 heavy (non-hydrogen) atoms. The number of nitrogens with two attached hydrogens (primary N) is 1. The summed E-state index contributed by atoms with van der Waals surface area (Å²) in [4.78, 5) is 7.86. The summed E-state index contributed by atoms with van der Waals surface area (Å²) in [5, 5.41) is 8.78. The van der Waals surface area contributed by atoms with E-state index < -0.39 is 10.0 Å². The van der Waals surface area contributed by atoms with Gasteiger partial charge in [-0.05, 0) is 18.2 Å². The molecule has 0 aliphatic rings. The molecule has 0 saturated carbocycles. The summed E-state index contributed by atoms with van der Waals surface area (Å²) in [6.07, 6.45) is 3.45. The summed E-state index contributed by atoms with van der Waals surface area (Å²) in [5.74, 6) is 0.435. The normalized spacial score (nSPS) is 12.2. The molecule has 0 saturated heterocycles. The van der Waals surface area contributed by atoms with Crippen molar-refractivity contribution in [3.05, 3.63) is 42.2 Å². The van der Waals surface area contributed by atoms with E-state index in [-0.39, 0.29) is 0 Å². The molecule has 0 amide bonds. The summed E-state index contributed by atoms with van der Waals surface area (Å²) in [7, 11) is -3.20. The molecule has 8 nitrogen and oxygen atoms in total. The zero-order valence-corrected chi connectivity index (χ0v) is 14.9. The van der Waals surface area contributed by atoms with Crippen LogP contribution < -0.4 is 10.5 Å². The second kappa shape index (κ2) is 6.11. The highest BCUT2D eigenvalue weighted by Gasteiger charge is 2.12. The number of nitrogens with one attached hydrogen (secondary N) is 3. The van der Waals surface area contributed by atoms with Crippen molar-refractivity contribution in [3.8, 4) is 11.3 Å². The van der Waals surface area contributed by atoms with Crippen LogP contribution in [0.25, 0.3) is 33.1 Å². The number of nitrogen functional groups attached to an aromatic ring is 1. The molecule has 3 heterocycles. The van der Waals surface area contributed by atoms with Crippen LogP contribution in [0.15, 0.2) is 36.5 Å². The van der Waals surface area contributed by atoms with Gasteiger partial charge in [0.05, 0.1) is 23.0 Å². The van der Waals surface area contributed by atoms with Crippen molar-refractivity contribution in [2.24, 2.45) is 0 Å². The van der Waals surface area contributed by atoms with Gasteiger partial charge >= 0.3 is 0 Å². The van der Waals surface area contributed by atoms with Crippen molar-refractivity contribution >= 4 is 37.6 Å². The first-order valence-corrected chi connectivity index (χ1v) is 9.95. The summed E-state index contributed by atoms with van der Waals surface area (Å²) in [5.41, 5.74) is 10.5. The molecule has 3 aromatic heterocycles. The third-order valence-electron chi connectivity index (χ3n) is 4.21. The third-order valence-corrected chi connectivity index (χ3v) is 4.94. The first-order chi connectivity index (χ1) is 12.4. The molecule has 0 aliphatic carbocycles. The highest BCUT2D eigenvalue weighted by atomic mass is 32.2. The maximum absolute atomic E-state index is 11.2. The molecule has 0 fully saturated rings. The molecule has 0 aliphatic heterocycles. The van der Waals surface area contributed by atoms with Crippen LogP contribution in [-0.4, -0.2) is 41.4 Å². The minimum atomic E-state index is -3.20. The van der Waals surface area contributed by atoms with Gasteiger partial charge in [0.15, 0.2) is 0 Å². The molecular weight excluding hydrogens is 352 g/mol. The number of aromatic nitrogens is 4. The van der Waals surface area contributed by atoms with E-state index in [9.17, 15) is 8.42 Å². The van der Waals surface area contributed by atoms with E-state index in [2.05, 4.69) is 24.9 Å². The Morgan fingerprint density at radius 3 is 2.77 bits per heavy atom. The molecule has 5 N–H and O–H groups in total. The van der Waals surface area contributed by atoms with E-state index in [0.717, 1.165) is 45.0 Å². The van der Waals surface area contributed by atoms with Crippen LogP contribution >= 0.6 is 0 Å². The lowest BCUT2D eigenvalue weighted by molar-refractivity contribution is 0.587. The molecule has 1 aromatic carbocycles. The van der Waals surface area contributed by atoms with Gasteiger partial charge in [-0.25, -0.2) is 18.1 Å². The second-order valence-electron chi connectivity index (χ2n) is 6.19. The fourth-order valence-electron chi connectivity index (χ4n) is 3.04. The number of benzene rings is 1. The smallest absolute Gasteiger partial charge is 0.208 e. The lowest BCUT2D eigenvalue weighted by atomic mass is 10.1. The lowest BCUT2D eigenvalue weighted by Crippen LogP contribution is -2.24. The Hall–Kier alpha value is -2.91. The van der Waals surface area contributed by atoms with Gasteiger partial charge in [0.25, 0.3) is 0 Å². The minimum absolute atomic E-state index is 0.320. The largest absolute Gasteiger partial charge is 0.383 e. The van der Waals surface area contributed by atoms with Gasteiger partial charge in [-0.1, -0.05) is 12.1 Å². The van der Waals surface area contributed by atoms with Crippen LogP contribution in [0.5, 0.6) is 0 Å². The first-order valence-electron chi connectivity index (χ1n) is 8.06.